The van der Waals surface area contributed by atoms with E-state index in [0.717, 1.165) is 11.3 Å². The number of nitrogens with one attached hydrogen (secondary N) is 3. The van der Waals surface area contributed by atoms with Crippen molar-refractivity contribution in [2.75, 3.05) is 20.1 Å². The van der Waals surface area contributed by atoms with Crippen molar-refractivity contribution in [1.82, 2.24) is 20.9 Å². The van der Waals surface area contributed by atoms with Crippen molar-refractivity contribution >= 4 is 35.8 Å². The van der Waals surface area contributed by atoms with Crippen LogP contribution in [-0.2, 0) is 11.3 Å². The highest BCUT2D eigenvalue weighted by molar-refractivity contribution is 14.0. The van der Waals surface area contributed by atoms with Gasteiger partial charge in [0.25, 0.3) is 0 Å². The minimum absolute atomic E-state index is 0. The van der Waals surface area contributed by atoms with Gasteiger partial charge in [0.05, 0.1) is 12.2 Å². The van der Waals surface area contributed by atoms with Gasteiger partial charge in [-0.2, -0.15) is 0 Å². The van der Waals surface area contributed by atoms with Crippen molar-refractivity contribution in [3.05, 3.63) is 42.3 Å². The molecule has 7 nitrogen and oxygen atoms in total. The molecule has 1 aliphatic rings. The van der Waals surface area contributed by atoms with E-state index in [0.29, 0.717) is 43.8 Å². The lowest BCUT2D eigenvalue weighted by Gasteiger charge is -2.20. The molecule has 3 N–H and O–H groups in total. The van der Waals surface area contributed by atoms with Crippen LogP contribution in [0.1, 0.15) is 44.2 Å². The van der Waals surface area contributed by atoms with Gasteiger partial charge in [0.1, 0.15) is 6.26 Å². The highest BCUT2D eigenvalue weighted by Gasteiger charge is 2.16. The maximum Gasteiger partial charge on any atom is 0.226 e. The molecule has 1 fully saturated rings. The Bertz CT molecular complexity index is 788. The quantitative estimate of drug-likeness (QED) is 0.212. The number of nitrogens with zero attached hydrogens (tertiary/aromatic N) is 2. The predicted molar refractivity (Wildman–Crippen MR) is 130 cm³/mol. The van der Waals surface area contributed by atoms with Crippen LogP contribution in [-0.4, -0.2) is 37.0 Å². The topological polar surface area (TPSA) is 91.5 Å². The Morgan fingerprint density at radius 1 is 1.10 bits per heavy atom. The van der Waals surface area contributed by atoms with E-state index in [1.807, 2.05) is 30.3 Å². The molecule has 0 saturated heterocycles. The number of aliphatic imine (C=N–C) groups is 1. The van der Waals surface area contributed by atoms with E-state index in [9.17, 15) is 4.79 Å². The van der Waals surface area contributed by atoms with Gasteiger partial charge >= 0.3 is 0 Å². The fourth-order valence-electron chi connectivity index (χ4n) is 3.60. The Kier molecular flexibility index (Phi) is 10.7. The smallest absolute Gasteiger partial charge is 0.226 e. The number of aromatic nitrogens is 1. The third-order valence-electron chi connectivity index (χ3n) is 5.17. The lowest BCUT2D eigenvalue weighted by molar-refractivity contribution is -0.122. The second kappa shape index (κ2) is 13.3. The first-order chi connectivity index (χ1) is 14.2. The molecule has 2 aromatic rings. The van der Waals surface area contributed by atoms with Crippen LogP contribution in [0.3, 0.4) is 0 Å². The number of hydrogen-bond acceptors (Lipinski definition) is 4. The summed E-state index contributed by atoms with van der Waals surface area (Å²) in [6.07, 6.45) is 8.53. The third kappa shape index (κ3) is 7.97. The molecule has 1 amide bonds. The molecule has 1 saturated carbocycles. The van der Waals surface area contributed by atoms with Crippen molar-refractivity contribution in [2.24, 2.45) is 10.9 Å². The largest absolute Gasteiger partial charge is 0.444 e. The maximum atomic E-state index is 12.1. The first-order valence-electron chi connectivity index (χ1n) is 10.5. The second-order valence-corrected chi connectivity index (χ2v) is 7.42. The zero-order chi connectivity index (χ0) is 20.3. The second-order valence-electron chi connectivity index (χ2n) is 7.42. The van der Waals surface area contributed by atoms with Crippen molar-refractivity contribution in [3.63, 3.8) is 0 Å². The van der Waals surface area contributed by atoms with Crippen LogP contribution in [0.25, 0.3) is 11.5 Å². The van der Waals surface area contributed by atoms with E-state index in [4.69, 9.17) is 4.42 Å². The van der Waals surface area contributed by atoms with Crippen LogP contribution in [0.4, 0.5) is 0 Å². The van der Waals surface area contributed by atoms with Crippen molar-refractivity contribution in [3.8, 4) is 11.5 Å². The van der Waals surface area contributed by atoms with Crippen LogP contribution in [0.5, 0.6) is 0 Å². The number of guanidine groups is 1. The molecule has 3 rings (SSSR count). The average molecular weight is 525 g/mol. The summed E-state index contributed by atoms with van der Waals surface area (Å²) in [5.41, 5.74) is 1.75. The number of carbonyl (C=O) groups is 1. The molecule has 0 atom stereocenters. The molecule has 0 aliphatic heterocycles. The predicted octanol–water partition coefficient (Wildman–Crippen LogP) is 3.71. The minimum atomic E-state index is 0. The van der Waals surface area contributed by atoms with Crippen LogP contribution in [0.15, 0.2) is 46.0 Å². The molecule has 0 unspecified atom stereocenters. The lowest BCUT2D eigenvalue weighted by Crippen LogP contribution is -2.41. The maximum absolute atomic E-state index is 12.1. The van der Waals surface area contributed by atoms with E-state index in [2.05, 4.69) is 25.9 Å². The number of benzene rings is 1. The fraction of sp³-hybridized carbons (Fsp3) is 0.500. The van der Waals surface area contributed by atoms with Crippen molar-refractivity contribution in [1.29, 1.82) is 0 Å². The average Bonchev–Trinajstić information content (AvgIpc) is 3.24. The molecule has 164 valence electrons. The molecular formula is C22H32IN5O2. The summed E-state index contributed by atoms with van der Waals surface area (Å²) in [6, 6.07) is 9.80. The highest BCUT2D eigenvalue weighted by Crippen LogP contribution is 2.26. The van der Waals surface area contributed by atoms with Crippen molar-refractivity contribution in [2.45, 2.75) is 45.1 Å². The van der Waals surface area contributed by atoms with Gasteiger partial charge in [0.15, 0.2) is 5.96 Å². The highest BCUT2D eigenvalue weighted by atomic mass is 127. The Morgan fingerprint density at radius 3 is 2.57 bits per heavy atom. The van der Waals surface area contributed by atoms with E-state index in [1.54, 1.807) is 13.3 Å². The SMILES string of the molecule is CN=C(NCCNC(=O)CC1CCCCC1)NCc1coc(-c2ccccc2)n1.I. The zero-order valence-corrected chi connectivity index (χ0v) is 19.9. The lowest BCUT2D eigenvalue weighted by atomic mass is 9.87. The van der Waals surface area contributed by atoms with Gasteiger partial charge in [-0.15, -0.1) is 24.0 Å². The van der Waals surface area contributed by atoms with E-state index >= 15 is 0 Å². The first kappa shape index (κ1) is 24.2. The summed E-state index contributed by atoms with van der Waals surface area (Å²) in [5, 5.41) is 9.40. The van der Waals surface area contributed by atoms with E-state index in [-0.39, 0.29) is 29.9 Å². The molecular weight excluding hydrogens is 493 g/mol. The number of rotatable bonds is 8. The molecule has 8 heteroatoms. The summed E-state index contributed by atoms with van der Waals surface area (Å²) < 4.78 is 5.54. The zero-order valence-electron chi connectivity index (χ0n) is 17.5. The molecule has 1 aliphatic carbocycles. The third-order valence-corrected chi connectivity index (χ3v) is 5.17. The van der Waals surface area contributed by atoms with E-state index < -0.39 is 0 Å². The van der Waals surface area contributed by atoms with Gasteiger partial charge in [-0.25, -0.2) is 4.98 Å². The molecule has 0 bridgehead atoms. The minimum Gasteiger partial charge on any atom is -0.444 e. The van der Waals surface area contributed by atoms with Gasteiger partial charge in [-0.1, -0.05) is 37.5 Å². The summed E-state index contributed by atoms with van der Waals surface area (Å²) in [6.45, 7) is 1.70. The van der Waals surface area contributed by atoms with Crippen molar-refractivity contribution < 1.29 is 9.21 Å². The van der Waals surface area contributed by atoms with Gasteiger partial charge in [-0.05, 0) is 30.9 Å². The summed E-state index contributed by atoms with van der Waals surface area (Å²) in [7, 11) is 1.72. The standard InChI is InChI=1S/C22H31N5O2.HI/c1-23-22(25-13-12-24-20(28)14-17-8-4-2-5-9-17)26-15-19-16-29-21(27-19)18-10-6-3-7-11-18;/h3,6-7,10-11,16-17H,2,4-5,8-9,12-15H2,1H3,(H,24,28)(H2,23,25,26);1H. The number of halogens is 1. The Hall–Kier alpha value is -2.10. The molecule has 30 heavy (non-hydrogen) atoms. The summed E-state index contributed by atoms with van der Waals surface area (Å²) >= 11 is 0. The van der Waals surface area contributed by atoms with Gasteiger partial charge in [0, 0.05) is 32.1 Å². The van der Waals surface area contributed by atoms with Crippen LogP contribution in [0.2, 0.25) is 0 Å². The van der Waals surface area contributed by atoms with E-state index in [1.165, 1.54) is 32.1 Å². The fourth-order valence-corrected chi connectivity index (χ4v) is 3.60. The Morgan fingerprint density at radius 2 is 1.83 bits per heavy atom. The molecule has 0 spiro atoms. The summed E-state index contributed by atoms with van der Waals surface area (Å²) in [4.78, 5) is 20.7. The molecule has 1 aromatic carbocycles. The first-order valence-corrected chi connectivity index (χ1v) is 10.5. The van der Waals surface area contributed by atoms with Crippen LogP contribution in [0, 0.1) is 5.92 Å². The number of oxazole rings is 1. The van der Waals surface area contributed by atoms with Gasteiger partial charge < -0.3 is 20.4 Å². The van der Waals surface area contributed by atoms with Crippen LogP contribution < -0.4 is 16.0 Å². The molecule has 1 heterocycles. The number of hydrogen-bond donors (Lipinski definition) is 3. The molecule has 1 aromatic heterocycles. The van der Waals surface area contributed by atoms with Crippen LogP contribution >= 0.6 is 24.0 Å². The molecule has 0 radical (unpaired) electrons. The number of carbonyl (C=O) groups excluding carboxylic acids is 1. The Balaban J connectivity index is 0.00000320. The van der Waals surface area contributed by atoms with Gasteiger partial charge in [0.2, 0.25) is 11.8 Å². The van der Waals surface area contributed by atoms with Gasteiger partial charge in [-0.3, -0.25) is 9.79 Å². The monoisotopic (exact) mass is 525 g/mol. The Labute approximate surface area is 195 Å². The summed E-state index contributed by atoms with van der Waals surface area (Å²) in [5.74, 6) is 1.98. The normalized spacial score (nSPS) is 14.6. The number of amides is 1.